The van der Waals surface area contributed by atoms with Crippen LogP contribution in [0.5, 0.6) is 0 Å². The summed E-state index contributed by atoms with van der Waals surface area (Å²) in [6, 6.07) is 0. The minimum Gasteiger partial charge on any atom is -0.453 e. The van der Waals surface area contributed by atoms with E-state index in [1.165, 1.54) is 12.2 Å². The van der Waals surface area contributed by atoms with E-state index in [1.54, 1.807) is 6.92 Å². The molecule has 2 rings (SSSR count). The number of hydrogen-bond donors (Lipinski definition) is 0. The second-order valence-electron chi connectivity index (χ2n) is 5.32. The molecule has 0 saturated carbocycles. The van der Waals surface area contributed by atoms with Crippen LogP contribution in [0.3, 0.4) is 0 Å². The number of hydrogen-bond acceptors (Lipinski definition) is 7. The van der Waals surface area contributed by atoms with Crippen molar-refractivity contribution in [3.8, 4) is 0 Å². The van der Waals surface area contributed by atoms with Gasteiger partial charge in [0.1, 0.15) is 5.76 Å². The molecule has 0 radical (unpaired) electrons. The zero-order valence-corrected chi connectivity index (χ0v) is 12.5. The molecule has 1 fully saturated rings. The van der Waals surface area contributed by atoms with Gasteiger partial charge in [-0.2, -0.15) is 0 Å². The highest BCUT2D eigenvalue weighted by Gasteiger charge is 2.68. The monoisotopic (exact) mass is 308 g/mol. The molecule has 2 aliphatic rings. The Hall–Kier alpha value is -2.44. The molecule has 7 heteroatoms. The molecule has 0 aromatic carbocycles. The van der Waals surface area contributed by atoms with Gasteiger partial charge in [0.25, 0.3) is 0 Å². The van der Waals surface area contributed by atoms with Gasteiger partial charge in [0.15, 0.2) is 23.4 Å². The van der Waals surface area contributed by atoms with E-state index in [-0.39, 0.29) is 5.76 Å². The summed E-state index contributed by atoms with van der Waals surface area (Å²) in [4.78, 5) is 47.3. The van der Waals surface area contributed by atoms with Crippen LogP contribution >= 0.6 is 0 Å². The van der Waals surface area contributed by atoms with Gasteiger partial charge in [0.05, 0.1) is 0 Å². The Balaban J connectivity index is 2.60. The Morgan fingerprint density at radius 3 is 2.27 bits per heavy atom. The lowest BCUT2D eigenvalue weighted by Crippen LogP contribution is -2.58. The zero-order chi connectivity index (χ0) is 16.7. The van der Waals surface area contributed by atoms with Crippen LogP contribution in [0.2, 0.25) is 0 Å². The Kier molecular flexibility index (Phi) is 3.91. The van der Waals surface area contributed by atoms with Crippen molar-refractivity contribution in [1.82, 2.24) is 0 Å². The average Bonchev–Trinajstić information content (AvgIpc) is 2.63. The number of cyclic esters (lactones) is 1. The Bertz CT molecular complexity index is 603. The lowest BCUT2D eigenvalue weighted by Gasteiger charge is -2.40. The van der Waals surface area contributed by atoms with E-state index in [4.69, 9.17) is 14.2 Å². The number of ether oxygens (including phenoxy) is 3. The van der Waals surface area contributed by atoms with Crippen molar-refractivity contribution in [3.05, 3.63) is 24.5 Å². The Morgan fingerprint density at radius 2 is 1.73 bits per heavy atom. The van der Waals surface area contributed by atoms with E-state index in [9.17, 15) is 19.2 Å². The van der Waals surface area contributed by atoms with E-state index in [0.717, 1.165) is 13.8 Å². The van der Waals surface area contributed by atoms with Gasteiger partial charge in [-0.25, -0.2) is 0 Å². The van der Waals surface area contributed by atoms with E-state index in [2.05, 4.69) is 6.58 Å². The molecule has 1 heterocycles. The highest BCUT2D eigenvalue weighted by Crippen LogP contribution is 2.50. The summed E-state index contributed by atoms with van der Waals surface area (Å²) in [5.74, 6) is -3.43. The summed E-state index contributed by atoms with van der Waals surface area (Å²) < 4.78 is 15.2. The summed E-state index contributed by atoms with van der Waals surface area (Å²) in [5.41, 5.74) is -1.65. The standard InChI is InChI=1S/C15H16O7/c1-7-5-6-11(18)13(22-10(4)17)15(7)12(21-9(3)16)8(2)20-14(15)19/h5-7,12-13H,2H2,1,3-4H3/t7-,12+,13+,15-/m1/s1. The predicted molar refractivity (Wildman–Crippen MR) is 72.1 cm³/mol. The quantitative estimate of drug-likeness (QED) is 0.546. The SMILES string of the molecule is C=C1OC(=O)[C@]2([C@H](C)C=CC(=O)[C@@H]2OC(C)=O)[C@H]1OC(C)=O. The van der Waals surface area contributed by atoms with Crippen LogP contribution in [0.1, 0.15) is 20.8 Å². The van der Waals surface area contributed by atoms with Gasteiger partial charge in [0.2, 0.25) is 0 Å². The number of ketones is 1. The van der Waals surface area contributed by atoms with Crippen LogP contribution in [0.4, 0.5) is 0 Å². The molecule has 1 spiro atoms. The van der Waals surface area contributed by atoms with E-state index in [1.807, 2.05) is 0 Å². The van der Waals surface area contributed by atoms with Crippen LogP contribution in [-0.2, 0) is 33.4 Å². The summed E-state index contributed by atoms with van der Waals surface area (Å²) in [6.07, 6.45) is 0.105. The maximum Gasteiger partial charge on any atom is 0.326 e. The molecule has 118 valence electrons. The second kappa shape index (κ2) is 5.40. The molecule has 0 aromatic heterocycles. The molecule has 4 atom stereocenters. The fourth-order valence-corrected chi connectivity index (χ4v) is 2.91. The van der Waals surface area contributed by atoms with Crippen molar-refractivity contribution in [3.63, 3.8) is 0 Å². The van der Waals surface area contributed by atoms with Crippen molar-refractivity contribution in [2.45, 2.75) is 33.0 Å². The summed E-state index contributed by atoms with van der Waals surface area (Å²) in [6.45, 7) is 7.50. The lowest BCUT2D eigenvalue weighted by atomic mass is 9.64. The first kappa shape index (κ1) is 15.9. The van der Waals surface area contributed by atoms with E-state index in [0.29, 0.717) is 0 Å². The first-order chi connectivity index (χ1) is 10.2. The Morgan fingerprint density at radius 1 is 1.18 bits per heavy atom. The molecular weight excluding hydrogens is 292 g/mol. The lowest BCUT2D eigenvalue weighted by molar-refractivity contribution is -0.181. The number of carbonyl (C=O) groups excluding carboxylic acids is 4. The molecule has 1 aliphatic heterocycles. The van der Waals surface area contributed by atoms with E-state index >= 15 is 0 Å². The Labute approximate surface area is 126 Å². The summed E-state index contributed by atoms with van der Waals surface area (Å²) in [5, 5.41) is 0. The highest BCUT2D eigenvalue weighted by molar-refractivity contribution is 6.02. The molecular formula is C15H16O7. The minimum atomic E-state index is -1.65. The smallest absolute Gasteiger partial charge is 0.326 e. The van der Waals surface area contributed by atoms with Gasteiger partial charge in [0, 0.05) is 13.8 Å². The van der Waals surface area contributed by atoms with Crippen LogP contribution in [0.15, 0.2) is 24.5 Å². The van der Waals surface area contributed by atoms with Crippen molar-refractivity contribution in [2.24, 2.45) is 11.3 Å². The van der Waals surface area contributed by atoms with Gasteiger partial charge in [-0.05, 0) is 12.0 Å². The van der Waals surface area contributed by atoms with Gasteiger partial charge in [-0.1, -0.05) is 19.6 Å². The third-order valence-corrected chi connectivity index (χ3v) is 3.87. The van der Waals surface area contributed by atoms with Crippen molar-refractivity contribution < 1.29 is 33.4 Å². The molecule has 0 unspecified atom stereocenters. The normalized spacial score (nSPS) is 33.8. The molecule has 0 bridgehead atoms. The van der Waals surface area contributed by atoms with Crippen LogP contribution in [0.25, 0.3) is 0 Å². The van der Waals surface area contributed by atoms with Gasteiger partial charge >= 0.3 is 17.9 Å². The number of carbonyl (C=O) groups is 4. The maximum absolute atomic E-state index is 12.4. The van der Waals surface area contributed by atoms with Crippen molar-refractivity contribution in [1.29, 1.82) is 0 Å². The molecule has 0 N–H and O–H groups in total. The first-order valence-corrected chi connectivity index (χ1v) is 6.68. The van der Waals surface area contributed by atoms with E-state index < -0.39 is 47.2 Å². The number of rotatable bonds is 2. The highest BCUT2D eigenvalue weighted by atomic mass is 16.6. The average molecular weight is 308 g/mol. The molecule has 22 heavy (non-hydrogen) atoms. The van der Waals surface area contributed by atoms with Gasteiger partial charge in [-0.15, -0.1) is 0 Å². The number of allylic oxidation sites excluding steroid dienone is 1. The molecule has 0 amide bonds. The van der Waals surface area contributed by atoms with Gasteiger partial charge in [-0.3, -0.25) is 19.2 Å². The largest absolute Gasteiger partial charge is 0.453 e. The van der Waals surface area contributed by atoms with Crippen LogP contribution in [-0.4, -0.2) is 35.9 Å². The molecule has 7 nitrogen and oxygen atoms in total. The third-order valence-electron chi connectivity index (χ3n) is 3.87. The maximum atomic E-state index is 12.4. The topological polar surface area (TPSA) is 96.0 Å². The third kappa shape index (κ3) is 2.22. The fraction of sp³-hybridized carbons (Fsp3) is 0.467. The zero-order valence-electron chi connectivity index (χ0n) is 12.5. The molecule has 1 saturated heterocycles. The number of esters is 3. The fourth-order valence-electron chi connectivity index (χ4n) is 2.91. The van der Waals surface area contributed by atoms with Crippen molar-refractivity contribution >= 4 is 23.7 Å². The summed E-state index contributed by atoms with van der Waals surface area (Å²) in [7, 11) is 0. The van der Waals surface area contributed by atoms with Crippen molar-refractivity contribution in [2.75, 3.05) is 0 Å². The molecule has 0 aromatic rings. The first-order valence-electron chi connectivity index (χ1n) is 6.68. The van der Waals surface area contributed by atoms with Gasteiger partial charge < -0.3 is 14.2 Å². The van der Waals surface area contributed by atoms with Crippen LogP contribution < -0.4 is 0 Å². The summed E-state index contributed by atoms with van der Waals surface area (Å²) >= 11 is 0. The second-order valence-corrected chi connectivity index (χ2v) is 5.32. The molecule has 1 aliphatic carbocycles. The van der Waals surface area contributed by atoms with Crippen LogP contribution in [0, 0.1) is 11.3 Å². The predicted octanol–water partition coefficient (Wildman–Crippen LogP) is 0.682. The minimum absolute atomic E-state index is 0.0905.